The van der Waals surface area contributed by atoms with E-state index < -0.39 is 4.92 Å². The molecule has 0 saturated carbocycles. The van der Waals surface area contributed by atoms with Crippen LogP contribution in [0.4, 0.5) is 5.69 Å². The molecular weight excluding hydrogens is 278 g/mol. The summed E-state index contributed by atoms with van der Waals surface area (Å²) >= 11 is 6.15. The molecule has 6 heteroatoms. The minimum atomic E-state index is -0.427. The highest BCUT2D eigenvalue weighted by Gasteiger charge is 2.25. The Bertz CT molecular complexity index is 495. The van der Waals surface area contributed by atoms with Gasteiger partial charge in [-0.2, -0.15) is 0 Å². The molecule has 2 N–H and O–H groups in total. The number of non-ortho nitro benzene ring substituents is 1. The fraction of sp³-hybridized carbons (Fsp3) is 0.571. The van der Waals surface area contributed by atoms with Crippen molar-refractivity contribution in [3.8, 4) is 0 Å². The second-order valence-electron chi connectivity index (χ2n) is 5.49. The van der Waals surface area contributed by atoms with Crippen LogP contribution in [0, 0.1) is 16.0 Å². The summed E-state index contributed by atoms with van der Waals surface area (Å²) in [6, 6.07) is 5.17. The van der Waals surface area contributed by atoms with Crippen molar-refractivity contribution in [3.63, 3.8) is 0 Å². The van der Waals surface area contributed by atoms with E-state index >= 15 is 0 Å². The molecule has 0 bridgehead atoms. The van der Waals surface area contributed by atoms with E-state index in [-0.39, 0.29) is 5.69 Å². The molecule has 1 aliphatic rings. The molecule has 2 atom stereocenters. The van der Waals surface area contributed by atoms with Crippen LogP contribution in [0.25, 0.3) is 0 Å². The van der Waals surface area contributed by atoms with Crippen molar-refractivity contribution in [2.24, 2.45) is 11.7 Å². The summed E-state index contributed by atoms with van der Waals surface area (Å²) in [6.07, 6.45) is 2.30. The average molecular weight is 298 g/mol. The topological polar surface area (TPSA) is 72.4 Å². The molecule has 0 radical (unpaired) electrons. The van der Waals surface area contributed by atoms with Gasteiger partial charge in [-0.15, -0.1) is 0 Å². The number of nitrogens with zero attached hydrogens (tertiary/aromatic N) is 2. The molecular formula is C14H20ClN3O2. The zero-order valence-corrected chi connectivity index (χ0v) is 12.3. The molecule has 0 spiro atoms. The summed E-state index contributed by atoms with van der Waals surface area (Å²) in [4.78, 5) is 12.6. The lowest BCUT2D eigenvalue weighted by atomic mass is 9.93. The van der Waals surface area contributed by atoms with Crippen LogP contribution < -0.4 is 5.73 Å². The number of piperidine rings is 1. The van der Waals surface area contributed by atoms with Crippen LogP contribution in [-0.2, 0) is 6.54 Å². The lowest BCUT2D eigenvalue weighted by Crippen LogP contribution is -2.43. The van der Waals surface area contributed by atoms with Gasteiger partial charge in [-0.25, -0.2) is 0 Å². The minimum Gasteiger partial charge on any atom is -0.330 e. The second kappa shape index (κ2) is 6.52. The number of nitro groups is 1. The van der Waals surface area contributed by atoms with Gasteiger partial charge in [-0.3, -0.25) is 15.0 Å². The van der Waals surface area contributed by atoms with Crippen LogP contribution in [0.5, 0.6) is 0 Å². The van der Waals surface area contributed by atoms with Gasteiger partial charge in [0.15, 0.2) is 0 Å². The molecule has 5 nitrogen and oxygen atoms in total. The van der Waals surface area contributed by atoms with Gasteiger partial charge in [0.1, 0.15) is 0 Å². The Kier molecular flexibility index (Phi) is 4.96. The summed E-state index contributed by atoms with van der Waals surface area (Å²) < 4.78 is 0. The summed E-state index contributed by atoms with van der Waals surface area (Å²) in [5.74, 6) is 0.531. The predicted molar refractivity (Wildman–Crippen MR) is 79.8 cm³/mol. The minimum absolute atomic E-state index is 0.0327. The Morgan fingerprint density at radius 3 is 2.85 bits per heavy atom. The Balaban J connectivity index is 2.10. The zero-order valence-electron chi connectivity index (χ0n) is 11.6. The van der Waals surface area contributed by atoms with Crippen LogP contribution in [0.15, 0.2) is 18.2 Å². The highest BCUT2D eigenvalue weighted by Crippen LogP contribution is 2.27. The standard InChI is InChI=1S/C14H20ClN3O2/c1-10-2-3-11(7-16)8-17(10)9-12-4-5-13(18(19)20)6-14(12)15/h4-6,10-11H,2-3,7-9,16H2,1H3. The van der Waals surface area contributed by atoms with Gasteiger partial charge in [-0.1, -0.05) is 11.6 Å². The van der Waals surface area contributed by atoms with E-state index in [2.05, 4.69) is 11.8 Å². The lowest BCUT2D eigenvalue weighted by molar-refractivity contribution is -0.384. The summed E-state index contributed by atoms with van der Waals surface area (Å²) in [6.45, 7) is 4.59. The SMILES string of the molecule is CC1CCC(CN)CN1Cc1ccc([N+](=O)[O-])cc1Cl. The molecule has 1 saturated heterocycles. The van der Waals surface area contributed by atoms with Crippen LogP contribution in [0.2, 0.25) is 5.02 Å². The highest BCUT2D eigenvalue weighted by molar-refractivity contribution is 6.31. The van der Waals surface area contributed by atoms with Crippen LogP contribution in [-0.4, -0.2) is 29.0 Å². The van der Waals surface area contributed by atoms with Crippen LogP contribution in [0.1, 0.15) is 25.3 Å². The first-order chi connectivity index (χ1) is 9.51. The number of rotatable bonds is 4. The summed E-state index contributed by atoms with van der Waals surface area (Å²) in [5.41, 5.74) is 6.72. The van der Waals surface area contributed by atoms with E-state index in [9.17, 15) is 10.1 Å². The number of halogens is 1. The van der Waals surface area contributed by atoms with Crippen LogP contribution in [0.3, 0.4) is 0 Å². The molecule has 0 aliphatic carbocycles. The van der Waals surface area contributed by atoms with Crippen molar-refractivity contribution in [2.75, 3.05) is 13.1 Å². The van der Waals surface area contributed by atoms with Crippen molar-refractivity contribution in [1.82, 2.24) is 4.90 Å². The lowest BCUT2D eigenvalue weighted by Gasteiger charge is -2.37. The first kappa shape index (κ1) is 15.2. The maximum Gasteiger partial charge on any atom is 0.270 e. The third-order valence-electron chi connectivity index (χ3n) is 4.06. The molecule has 0 amide bonds. The highest BCUT2D eigenvalue weighted by atomic mass is 35.5. The van der Waals surface area contributed by atoms with Crippen LogP contribution >= 0.6 is 11.6 Å². The number of hydrogen-bond donors (Lipinski definition) is 1. The van der Waals surface area contributed by atoms with Gasteiger partial charge >= 0.3 is 0 Å². The number of likely N-dealkylation sites (tertiary alicyclic amines) is 1. The van der Waals surface area contributed by atoms with Crippen molar-refractivity contribution in [1.29, 1.82) is 0 Å². The van der Waals surface area contributed by atoms with Gasteiger partial charge in [0.05, 0.1) is 9.95 Å². The van der Waals surface area contributed by atoms with Gasteiger partial charge in [0.2, 0.25) is 0 Å². The number of benzene rings is 1. The van der Waals surface area contributed by atoms with E-state index in [0.29, 0.717) is 30.1 Å². The number of nitro benzene ring substituents is 1. The molecule has 1 aromatic carbocycles. The smallest absolute Gasteiger partial charge is 0.270 e. The number of nitrogens with two attached hydrogens (primary N) is 1. The Labute approximate surface area is 123 Å². The molecule has 0 aromatic heterocycles. The van der Waals surface area contributed by atoms with Gasteiger partial charge < -0.3 is 5.73 Å². The summed E-state index contributed by atoms with van der Waals surface area (Å²) in [7, 11) is 0. The quantitative estimate of drug-likeness (QED) is 0.685. The molecule has 1 aliphatic heterocycles. The Hall–Kier alpha value is -1.17. The Morgan fingerprint density at radius 2 is 2.25 bits per heavy atom. The van der Waals surface area contributed by atoms with E-state index in [1.807, 2.05) is 0 Å². The molecule has 1 heterocycles. The van der Waals surface area contributed by atoms with E-state index in [4.69, 9.17) is 17.3 Å². The maximum atomic E-state index is 10.7. The van der Waals surface area contributed by atoms with E-state index in [0.717, 1.165) is 18.5 Å². The van der Waals surface area contributed by atoms with Gasteiger partial charge in [0.25, 0.3) is 5.69 Å². The third kappa shape index (κ3) is 3.48. The van der Waals surface area contributed by atoms with Crippen molar-refractivity contribution in [2.45, 2.75) is 32.4 Å². The van der Waals surface area contributed by atoms with E-state index in [1.165, 1.54) is 18.6 Å². The number of hydrogen-bond acceptors (Lipinski definition) is 4. The third-order valence-corrected chi connectivity index (χ3v) is 4.41. The average Bonchev–Trinajstić information content (AvgIpc) is 2.43. The first-order valence-electron chi connectivity index (χ1n) is 6.88. The summed E-state index contributed by atoms with van der Waals surface area (Å²) in [5, 5.41) is 11.2. The van der Waals surface area contributed by atoms with Crippen molar-refractivity contribution >= 4 is 17.3 Å². The molecule has 2 unspecified atom stereocenters. The normalized spacial score (nSPS) is 23.8. The molecule has 1 fully saturated rings. The largest absolute Gasteiger partial charge is 0.330 e. The maximum absolute atomic E-state index is 10.7. The van der Waals surface area contributed by atoms with Gasteiger partial charge in [0, 0.05) is 31.3 Å². The monoisotopic (exact) mass is 297 g/mol. The fourth-order valence-electron chi connectivity index (χ4n) is 2.67. The molecule has 20 heavy (non-hydrogen) atoms. The van der Waals surface area contributed by atoms with E-state index in [1.54, 1.807) is 6.07 Å². The predicted octanol–water partition coefficient (Wildman–Crippen LogP) is 2.81. The zero-order chi connectivity index (χ0) is 14.7. The van der Waals surface area contributed by atoms with Crippen molar-refractivity contribution in [3.05, 3.63) is 38.9 Å². The fourth-order valence-corrected chi connectivity index (χ4v) is 2.91. The molecule has 2 rings (SSSR count). The molecule has 1 aromatic rings. The second-order valence-corrected chi connectivity index (χ2v) is 5.90. The van der Waals surface area contributed by atoms with Crippen molar-refractivity contribution < 1.29 is 4.92 Å². The Morgan fingerprint density at radius 1 is 1.50 bits per heavy atom. The van der Waals surface area contributed by atoms with Gasteiger partial charge in [-0.05, 0) is 43.9 Å². The first-order valence-corrected chi connectivity index (χ1v) is 7.26. The molecule has 110 valence electrons.